The number of aromatic nitrogens is 4. The largest absolute Gasteiger partial charge is 0.256 e. The van der Waals surface area contributed by atoms with Crippen LogP contribution in [-0.4, -0.2) is 19.9 Å². The molecule has 4 heterocycles. The first kappa shape index (κ1) is 31.9. The Kier molecular flexibility index (Phi) is 7.46. The Labute approximate surface area is 323 Å². The third-order valence-corrected chi connectivity index (χ3v) is 10.9. The van der Waals surface area contributed by atoms with E-state index in [1.165, 1.54) is 10.9 Å². The Hall–Kier alpha value is -7.56. The summed E-state index contributed by atoms with van der Waals surface area (Å²) in [5.74, 6) is 0. The number of nitrogens with zero attached hydrogens (tertiary/aromatic N) is 4. The van der Waals surface area contributed by atoms with Crippen molar-refractivity contribution in [3.05, 3.63) is 194 Å². The molecule has 0 amide bonds. The lowest BCUT2D eigenvalue weighted by Gasteiger charge is -2.16. The van der Waals surface area contributed by atoms with Gasteiger partial charge in [-0.05, 0) is 57.6 Å². The van der Waals surface area contributed by atoms with E-state index in [2.05, 4.69) is 176 Å². The van der Waals surface area contributed by atoms with Crippen molar-refractivity contribution in [2.45, 2.75) is 0 Å². The average molecular weight is 713 g/mol. The number of hydrogen-bond donors (Lipinski definition) is 0. The van der Waals surface area contributed by atoms with Crippen LogP contribution in [0.5, 0.6) is 0 Å². The second kappa shape index (κ2) is 13.1. The molecule has 0 aliphatic heterocycles. The number of rotatable bonds is 5. The average Bonchev–Trinajstić information content (AvgIpc) is 3.28. The molecule has 0 saturated heterocycles. The molecule has 4 heteroatoms. The second-order valence-corrected chi connectivity index (χ2v) is 14.2. The van der Waals surface area contributed by atoms with Gasteiger partial charge in [-0.1, -0.05) is 158 Å². The molecule has 0 atom stereocenters. The molecule has 0 bridgehead atoms. The Morgan fingerprint density at radius 2 is 0.893 bits per heavy atom. The summed E-state index contributed by atoms with van der Waals surface area (Å²) >= 11 is 0. The van der Waals surface area contributed by atoms with Crippen LogP contribution in [0.1, 0.15) is 0 Å². The van der Waals surface area contributed by atoms with Gasteiger partial charge < -0.3 is 0 Å². The SMILES string of the molecule is c1ccc(-c2ccc(-c3cc(-c4cc5ccccc5cn4)c4ccc5c(-c6ccc7ccccc7n6)cc(-c6cccc7ccccc67)nc5c4n3)cc2)cc1. The highest BCUT2D eigenvalue weighted by atomic mass is 14.8. The van der Waals surface area contributed by atoms with E-state index in [1.807, 2.05) is 18.3 Å². The second-order valence-electron chi connectivity index (χ2n) is 14.2. The van der Waals surface area contributed by atoms with E-state index in [4.69, 9.17) is 19.9 Å². The molecule has 11 rings (SSSR count). The third-order valence-electron chi connectivity index (χ3n) is 10.9. The number of fused-ring (bicyclic) bond motifs is 6. The molecule has 0 saturated carbocycles. The van der Waals surface area contributed by atoms with E-state index in [-0.39, 0.29) is 0 Å². The van der Waals surface area contributed by atoms with Crippen LogP contribution in [0, 0.1) is 0 Å². The molecule has 0 radical (unpaired) electrons. The lowest BCUT2D eigenvalue weighted by atomic mass is 9.94. The molecule has 0 aliphatic carbocycles. The van der Waals surface area contributed by atoms with Gasteiger partial charge in [0.15, 0.2) is 0 Å². The molecule has 0 N–H and O–H groups in total. The Balaban J connectivity index is 1.22. The lowest BCUT2D eigenvalue weighted by molar-refractivity contribution is 1.33. The maximum atomic E-state index is 5.53. The number of hydrogen-bond acceptors (Lipinski definition) is 4. The number of benzene rings is 7. The summed E-state index contributed by atoms with van der Waals surface area (Å²) in [6.07, 6.45) is 1.96. The number of pyridine rings is 4. The van der Waals surface area contributed by atoms with Crippen molar-refractivity contribution in [2.75, 3.05) is 0 Å². The van der Waals surface area contributed by atoms with Gasteiger partial charge in [0.2, 0.25) is 0 Å². The van der Waals surface area contributed by atoms with Gasteiger partial charge in [0, 0.05) is 50.0 Å². The van der Waals surface area contributed by atoms with Gasteiger partial charge in [-0.3, -0.25) is 4.98 Å². The first-order chi connectivity index (χ1) is 27.7. The van der Waals surface area contributed by atoms with Crippen LogP contribution in [0.25, 0.3) is 110 Å². The van der Waals surface area contributed by atoms with E-state index in [0.29, 0.717) is 0 Å². The number of para-hydroxylation sites is 1. The Morgan fingerprint density at radius 1 is 0.286 bits per heavy atom. The zero-order valence-electron chi connectivity index (χ0n) is 30.3. The summed E-state index contributed by atoms with van der Waals surface area (Å²) in [6, 6.07) is 65.9. The standard InChI is InChI=1S/C52H32N4/c1-2-11-33(12-3-1)34-21-23-37(24-22-34)48-30-45(49-29-38-15-4-5-16-39(38)32-53-49)43-27-26-42-44(47-28-25-36-14-7-9-20-46(36)54-47)31-50(56-52(42)51(43)55-48)41-19-10-17-35-13-6-8-18-40(35)41/h1-32H. The molecule has 0 fully saturated rings. The molecule has 4 aromatic heterocycles. The van der Waals surface area contributed by atoms with Crippen molar-refractivity contribution in [3.8, 4) is 56.2 Å². The summed E-state index contributed by atoms with van der Waals surface area (Å²) in [7, 11) is 0. The monoisotopic (exact) mass is 712 g/mol. The van der Waals surface area contributed by atoms with Crippen LogP contribution in [-0.2, 0) is 0 Å². The van der Waals surface area contributed by atoms with Crippen LogP contribution in [0.3, 0.4) is 0 Å². The van der Waals surface area contributed by atoms with Crippen LogP contribution < -0.4 is 0 Å². The fourth-order valence-electron chi connectivity index (χ4n) is 8.04. The summed E-state index contributed by atoms with van der Waals surface area (Å²) in [4.78, 5) is 21.3. The fraction of sp³-hybridized carbons (Fsp3) is 0. The minimum absolute atomic E-state index is 0.821. The Morgan fingerprint density at radius 3 is 1.71 bits per heavy atom. The van der Waals surface area contributed by atoms with Crippen molar-refractivity contribution in [3.63, 3.8) is 0 Å². The van der Waals surface area contributed by atoms with Crippen molar-refractivity contribution in [1.82, 2.24) is 19.9 Å². The summed E-state index contributed by atoms with van der Waals surface area (Å²) in [5, 5.41) is 7.64. The molecular weight excluding hydrogens is 681 g/mol. The topological polar surface area (TPSA) is 51.6 Å². The minimum Gasteiger partial charge on any atom is -0.256 e. The highest BCUT2D eigenvalue weighted by Gasteiger charge is 2.19. The lowest BCUT2D eigenvalue weighted by Crippen LogP contribution is -1.97. The predicted molar refractivity (Wildman–Crippen MR) is 232 cm³/mol. The molecule has 11 aromatic rings. The van der Waals surface area contributed by atoms with Gasteiger partial charge in [-0.15, -0.1) is 0 Å². The molecule has 0 aliphatic rings. The molecule has 0 unspecified atom stereocenters. The van der Waals surface area contributed by atoms with Gasteiger partial charge >= 0.3 is 0 Å². The van der Waals surface area contributed by atoms with Crippen LogP contribution in [0.15, 0.2) is 194 Å². The molecule has 4 nitrogen and oxygen atoms in total. The summed E-state index contributed by atoms with van der Waals surface area (Å²) in [6.45, 7) is 0. The zero-order valence-corrected chi connectivity index (χ0v) is 30.3. The normalized spacial score (nSPS) is 11.6. The molecule has 0 spiro atoms. The first-order valence-corrected chi connectivity index (χ1v) is 18.9. The highest BCUT2D eigenvalue weighted by molar-refractivity contribution is 6.14. The van der Waals surface area contributed by atoms with Gasteiger partial charge in [-0.25, -0.2) is 15.0 Å². The quantitative estimate of drug-likeness (QED) is 0.167. The molecule has 7 aromatic carbocycles. The first-order valence-electron chi connectivity index (χ1n) is 18.9. The molecule has 56 heavy (non-hydrogen) atoms. The molecule has 260 valence electrons. The van der Waals surface area contributed by atoms with Crippen LogP contribution in [0.4, 0.5) is 0 Å². The van der Waals surface area contributed by atoms with Crippen molar-refractivity contribution < 1.29 is 0 Å². The molecular formula is C52H32N4. The van der Waals surface area contributed by atoms with Gasteiger partial charge in [0.05, 0.1) is 39.3 Å². The van der Waals surface area contributed by atoms with Crippen molar-refractivity contribution >= 4 is 54.3 Å². The highest BCUT2D eigenvalue weighted by Crippen LogP contribution is 2.40. The smallest absolute Gasteiger partial charge is 0.0979 e. The van der Waals surface area contributed by atoms with E-state index >= 15 is 0 Å². The van der Waals surface area contributed by atoms with Crippen molar-refractivity contribution in [1.29, 1.82) is 0 Å². The fourth-order valence-corrected chi connectivity index (χ4v) is 8.04. The predicted octanol–water partition coefficient (Wildman–Crippen LogP) is 13.4. The van der Waals surface area contributed by atoms with Crippen molar-refractivity contribution in [2.24, 2.45) is 0 Å². The van der Waals surface area contributed by atoms with Gasteiger partial charge in [0.25, 0.3) is 0 Å². The van der Waals surface area contributed by atoms with Gasteiger partial charge in [-0.2, -0.15) is 0 Å². The van der Waals surface area contributed by atoms with E-state index in [1.54, 1.807) is 0 Å². The van der Waals surface area contributed by atoms with E-state index in [9.17, 15) is 0 Å². The van der Waals surface area contributed by atoms with Gasteiger partial charge in [0.1, 0.15) is 0 Å². The third kappa shape index (κ3) is 5.47. The zero-order chi connectivity index (χ0) is 37.0. The minimum atomic E-state index is 0.821. The van der Waals surface area contributed by atoms with Crippen LogP contribution >= 0.6 is 0 Å². The maximum Gasteiger partial charge on any atom is 0.0979 e. The maximum absolute atomic E-state index is 5.53. The summed E-state index contributed by atoms with van der Waals surface area (Å²) in [5.41, 5.74) is 12.5. The summed E-state index contributed by atoms with van der Waals surface area (Å²) < 4.78 is 0. The van der Waals surface area contributed by atoms with Crippen LogP contribution in [0.2, 0.25) is 0 Å². The van der Waals surface area contributed by atoms with E-state index < -0.39 is 0 Å². The Bertz CT molecular complexity index is 3290. The van der Waals surface area contributed by atoms with E-state index in [0.717, 1.165) is 99.5 Å².